The van der Waals surface area contributed by atoms with Crippen LogP contribution < -0.4 is 5.32 Å². The van der Waals surface area contributed by atoms with E-state index in [1.807, 2.05) is 24.4 Å². The predicted octanol–water partition coefficient (Wildman–Crippen LogP) is 1.99. The molecule has 2 aliphatic heterocycles. The van der Waals surface area contributed by atoms with Gasteiger partial charge >= 0.3 is 0 Å². The maximum Gasteiger partial charge on any atom is 0.125 e. The van der Waals surface area contributed by atoms with Crippen LogP contribution in [0, 0.1) is 11.8 Å². The molecule has 2 saturated heterocycles. The lowest BCUT2D eigenvalue weighted by Gasteiger charge is -2.35. The van der Waals surface area contributed by atoms with Gasteiger partial charge in [-0.25, -0.2) is 4.98 Å². The fourth-order valence-corrected chi connectivity index (χ4v) is 3.79. The van der Waals surface area contributed by atoms with Crippen LogP contribution in [0.3, 0.4) is 0 Å². The Morgan fingerprint density at radius 3 is 3.00 bits per heavy atom. The molecule has 0 amide bonds. The molecular formula is C16H23N3O. The molecule has 4 rings (SSSR count). The van der Waals surface area contributed by atoms with Gasteiger partial charge in [0.15, 0.2) is 0 Å². The normalized spacial score (nSPS) is 33.9. The molecule has 4 nitrogen and oxygen atoms in total. The Labute approximate surface area is 120 Å². The number of hydrogen-bond acceptors (Lipinski definition) is 4. The summed E-state index contributed by atoms with van der Waals surface area (Å²) in [6.07, 6.45) is 6.53. The van der Waals surface area contributed by atoms with Gasteiger partial charge in [-0.05, 0) is 25.0 Å². The van der Waals surface area contributed by atoms with E-state index >= 15 is 0 Å². The minimum Gasteiger partial charge on any atom is -0.376 e. The predicted molar refractivity (Wildman–Crippen MR) is 78.7 cm³/mol. The van der Waals surface area contributed by atoms with E-state index in [2.05, 4.69) is 15.2 Å². The quantitative estimate of drug-likeness (QED) is 0.910. The average molecular weight is 273 g/mol. The van der Waals surface area contributed by atoms with Gasteiger partial charge in [0, 0.05) is 43.7 Å². The summed E-state index contributed by atoms with van der Waals surface area (Å²) in [5.41, 5.74) is 0. The highest BCUT2D eigenvalue weighted by Gasteiger charge is 2.45. The summed E-state index contributed by atoms with van der Waals surface area (Å²) in [5, 5.41) is 3.46. The second-order valence-corrected chi connectivity index (χ2v) is 6.43. The van der Waals surface area contributed by atoms with Crippen LogP contribution in [0.5, 0.6) is 0 Å². The van der Waals surface area contributed by atoms with Gasteiger partial charge in [-0.15, -0.1) is 0 Å². The Kier molecular flexibility index (Phi) is 3.36. The maximum atomic E-state index is 6.02. The van der Waals surface area contributed by atoms with Crippen LogP contribution in [0.4, 0.5) is 5.82 Å². The van der Waals surface area contributed by atoms with Gasteiger partial charge in [0.05, 0.1) is 12.7 Å². The van der Waals surface area contributed by atoms with Crippen LogP contribution in [-0.2, 0) is 4.74 Å². The maximum absolute atomic E-state index is 6.02. The highest BCUT2D eigenvalue weighted by molar-refractivity contribution is 5.33. The topological polar surface area (TPSA) is 37.4 Å². The van der Waals surface area contributed by atoms with E-state index in [4.69, 9.17) is 4.74 Å². The first-order chi connectivity index (χ1) is 9.90. The minimum atomic E-state index is 0.478. The third-order valence-electron chi connectivity index (χ3n) is 5.27. The molecule has 3 fully saturated rings. The fourth-order valence-electron chi connectivity index (χ4n) is 3.79. The molecule has 0 unspecified atom stereocenters. The van der Waals surface area contributed by atoms with Crippen LogP contribution in [0.1, 0.15) is 19.3 Å². The van der Waals surface area contributed by atoms with Crippen molar-refractivity contribution in [3.05, 3.63) is 24.4 Å². The number of fused-ring (bicyclic) bond motifs is 1. The lowest BCUT2D eigenvalue weighted by Crippen LogP contribution is -2.40. The van der Waals surface area contributed by atoms with Crippen LogP contribution >= 0.6 is 0 Å². The van der Waals surface area contributed by atoms with Crippen molar-refractivity contribution >= 4 is 5.82 Å². The van der Waals surface area contributed by atoms with Crippen molar-refractivity contribution < 1.29 is 4.74 Å². The van der Waals surface area contributed by atoms with Gasteiger partial charge in [-0.3, -0.25) is 4.90 Å². The molecule has 0 spiro atoms. The van der Waals surface area contributed by atoms with Crippen molar-refractivity contribution in [1.29, 1.82) is 0 Å². The largest absolute Gasteiger partial charge is 0.376 e. The number of pyridine rings is 1. The molecule has 3 heterocycles. The van der Waals surface area contributed by atoms with E-state index in [0.29, 0.717) is 17.9 Å². The zero-order valence-electron chi connectivity index (χ0n) is 11.9. The minimum absolute atomic E-state index is 0.478. The number of nitrogens with one attached hydrogen (secondary N) is 1. The monoisotopic (exact) mass is 273 g/mol. The van der Waals surface area contributed by atoms with Crippen LogP contribution in [0.25, 0.3) is 0 Å². The first-order valence-corrected chi connectivity index (χ1v) is 7.91. The molecule has 1 saturated carbocycles. The molecule has 1 aromatic heterocycles. The summed E-state index contributed by atoms with van der Waals surface area (Å²) in [4.78, 5) is 7.00. The molecule has 4 heteroatoms. The molecule has 0 bridgehead atoms. The van der Waals surface area contributed by atoms with E-state index in [1.165, 1.54) is 25.8 Å². The smallest absolute Gasteiger partial charge is 0.125 e. The Balaban J connectivity index is 1.33. The Hall–Kier alpha value is -1.13. The number of likely N-dealkylation sites (tertiary alicyclic amines) is 1. The third kappa shape index (κ3) is 2.31. The van der Waals surface area contributed by atoms with Gasteiger partial charge < -0.3 is 10.1 Å². The van der Waals surface area contributed by atoms with Crippen LogP contribution in [0.2, 0.25) is 0 Å². The standard InChI is InChI=1S/C16H23N3O/c1-2-7-17-16(6-1)18-8-12-11-20-15-10-19(9-14(12)15)13-4-3-5-13/h1-2,6-7,12-15H,3-5,8-11H2,(H,17,18)/t12-,14+,15+/m0/s1. The number of anilines is 1. The van der Waals surface area contributed by atoms with E-state index in [0.717, 1.165) is 31.6 Å². The van der Waals surface area contributed by atoms with Gasteiger partial charge in [-0.1, -0.05) is 12.5 Å². The Morgan fingerprint density at radius 2 is 2.25 bits per heavy atom. The van der Waals surface area contributed by atoms with E-state index in [-0.39, 0.29) is 0 Å². The van der Waals surface area contributed by atoms with Gasteiger partial charge in [0.1, 0.15) is 5.82 Å². The molecule has 20 heavy (non-hydrogen) atoms. The van der Waals surface area contributed by atoms with Crippen molar-refractivity contribution in [2.24, 2.45) is 11.8 Å². The van der Waals surface area contributed by atoms with Crippen molar-refractivity contribution in [2.45, 2.75) is 31.4 Å². The molecule has 3 atom stereocenters. The summed E-state index contributed by atoms with van der Waals surface area (Å²) in [7, 11) is 0. The first-order valence-electron chi connectivity index (χ1n) is 7.91. The van der Waals surface area contributed by atoms with E-state index in [1.54, 1.807) is 0 Å². The number of hydrogen-bond donors (Lipinski definition) is 1. The van der Waals surface area contributed by atoms with Crippen molar-refractivity contribution in [3.63, 3.8) is 0 Å². The molecule has 1 N–H and O–H groups in total. The molecule has 108 valence electrons. The zero-order valence-corrected chi connectivity index (χ0v) is 11.9. The number of rotatable bonds is 4. The average Bonchev–Trinajstić information content (AvgIpc) is 2.96. The Morgan fingerprint density at radius 1 is 1.30 bits per heavy atom. The Bertz CT molecular complexity index is 448. The number of ether oxygens (including phenoxy) is 1. The molecule has 3 aliphatic rings. The lowest BCUT2D eigenvalue weighted by molar-refractivity contribution is 0.0740. The van der Waals surface area contributed by atoms with Crippen LogP contribution in [0.15, 0.2) is 24.4 Å². The van der Waals surface area contributed by atoms with E-state index in [9.17, 15) is 0 Å². The summed E-state index contributed by atoms with van der Waals surface area (Å²) in [6.45, 7) is 4.30. The van der Waals surface area contributed by atoms with Crippen molar-refractivity contribution in [2.75, 3.05) is 31.6 Å². The van der Waals surface area contributed by atoms with Gasteiger partial charge in [-0.2, -0.15) is 0 Å². The summed E-state index contributed by atoms with van der Waals surface area (Å²) >= 11 is 0. The summed E-state index contributed by atoms with van der Waals surface area (Å²) < 4.78 is 6.02. The summed E-state index contributed by atoms with van der Waals surface area (Å²) in [6, 6.07) is 6.86. The third-order valence-corrected chi connectivity index (χ3v) is 5.27. The highest BCUT2D eigenvalue weighted by Crippen LogP contribution is 2.37. The second-order valence-electron chi connectivity index (χ2n) is 6.43. The molecule has 0 radical (unpaired) electrons. The van der Waals surface area contributed by atoms with Gasteiger partial charge in [0.25, 0.3) is 0 Å². The lowest BCUT2D eigenvalue weighted by atomic mass is 9.91. The van der Waals surface area contributed by atoms with Crippen molar-refractivity contribution in [3.8, 4) is 0 Å². The molecular weight excluding hydrogens is 250 g/mol. The van der Waals surface area contributed by atoms with Crippen molar-refractivity contribution in [1.82, 2.24) is 9.88 Å². The number of aromatic nitrogens is 1. The van der Waals surface area contributed by atoms with Gasteiger partial charge in [0.2, 0.25) is 0 Å². The molecule has 1 aliphatic carbocycles. The zero-order chi connectivity index (χ0) is 13.4. The summed E-state index contributed by atoms with van der Waals surface area (Å²) in [5.74, 6) is 2.32. The molecule has 1 aromatic rings. The van der Waals surface area contributed by atoms with E-state index < -0.39 is 0 Å². The number of nitrogens with zero attached hydrogens (tertiary/aromatic N) is 2. The first kappa shape index (κ1) is 12.6. The SMILES string of the molecule is c1ccc(NC[C@H]2CO[C@@H]3CN(C4CCC4)C[C@H]23)nc1. The second kappa shape index (κ2) is 5.34. The van der Waals surface area contributed by atoms with Crippen LogP contribution in [-0.4, -0.2) is 48.3 Å². The highest BCUT2D eigenvalue weighted by atomic mass is 16.5. The molecule has 0 aromatic carbocycles. The fraction of sp³-hybridized carbons (Fsp3) is 0.688.